The van der Waals surface area contributed by atoms with Crippen molar-refractivity contribution in [3.05, 3.63) is 188 Å². The second-order valence-electron chi connectivity index (χ2n) is 13.6. The van der Waals surface area contributed by atoms with Crippen molar-refractivity contribution in [2.24, 2.45) is 0 Å². The van der Waals surface area contributed by atoms with Crippen LogP contribution in [0.5, 0.6) is 0 Å². The van der Waals surface area contributed by atoms with E-state index in [9.17, 15) is 0 Å². The Hall–Kier alpha value is -7.17. The lowest BCUT2D eigenvalue weighted by Crippen LogP contribution is -1.98. The van der Waals surface area contributed by atoms with Crippen LogP contribution in [0.25, 0.3) is 99.5 Å². The van der Waals surface area contributed by atoms with Crippen LogP contribution in [0.3, 0.4) is 0 Å². The molecular formula is C49H31N3O. The van der Waals surface area contributed by atoms with Gasteiger partial charge in [-0.3, -0.25) is 9.55 Å². The van der Waals surface area contributed by atoms with Crippen LogP contribution in [0.1, 0.15) is 0 Å². The van der Waals surface area contributed by atoms with E-state index in [1.54, 1.807) is 0 Å². The van der Waals surface area contributed by atoms with Crippen molar-refractivity contribution in [2.75, 3.05) is 0 Å². The first-order valence-electron chi connectivity index (χ1n) is 17.9. The van der Waals surface area contributed by atoms with Gasteiger partial charge in [0.05, 0.1) is 27.8 Å². The molecule has 0 N–H and O–H groups in total. The zero-order chi connectivity index (χ0) is 34.9. The molecule has 4 nitrogen and oxygen atoms in total. The number of hydrogen-bond acceptors (Lipinski definition) is 2. The van der Waals surface area contributed by atoms with Crippen LogP contribution < -0.4 is 0 Å². The Morgan fingerprint density at radius 3 is 1.66 bits per heavy atom. The average Bonchev–Trinajstić information content (AvgIpc) is 3.91. The summed E-state index contributed by atoms with van der Waals surface area (Å²) in [5.41, 5.74) is 13.7. The van der Waals surface area contributed by atoms with Gasteiger partial charge in [0.2, 0.25) is 5.88 Å². The summed E-state index contributed by atoms with van der Waals surface area (Å²) < 4.78 is 11.1. The van der Waals surface area contributed by atoms with E-state index in [1.165, 1.54) is 54.8 Å². The van der Waals surface area contributed by atoms with E-state index in [0.717, 1.165) is 44.7 Å². The Bertz CT molecular complexity index is 3130. The maximum absolute atomic E-state index is 6.40. The summed E-state index contributed by atoms with van der Waals surface area (Å²) >= 11 is 0. The van der Waals surface area contributed by atoms with Gasteiger partial charge in [0, 0.05) is 51.0 Å². The molecule has 0 aliphatic heterocycles. The van der Waals surface area contributed by atoms with Gasteiger partial charge in [0.25, 0.3) is 0 Å². The monoisotopic (exact) mass is 677 g/mol. The van der Waals surface area contributed by atoms with Crippen molar-refractivity contribution in [3.63, 3.8) is 0 Å². The van der Waals surface area contributed by atoms with E-state index in [-0.39, 0.29) is 0 Å². The minimum absolute atomic E-state index is 0.822. The zero-order valence-electron chi connectivity index (χ0n) is 28.6. The molecule has 0 radical (unpaired) electrons. The Balaban J connectivity index is 1.10. The van der Waals surface area contributed by atoms with Crippen molar-refractivity contribution in [1.82, 2.24) is 14.1 Å². The molecule has 0 bridgehead atoms. The van der Waals surface area contributed by atoms with Crippen LogP contribution in [0.4, 0.5) is 0 Å². The molecule has 53 heavy (non-hydrogen) atoms. The van der Waals surface area contributed by atoms with Crippen LogP contribution in [-0.4, -0.2) is 14.1 Å². The largest absolute Gasteiger partial charge is 0.440 e. The lowest BCUT2D eigenvalue weighted by molar-refractivity contribution is 0.590. The number of furan rings is 1. The standard InChI is InChI=1S/C49H31N3O/c1-2-10-33(11-3-1)40-28-34(32-24-26-50-27-25-32)18-21-45(40)51-43-15-7-5-13-38(43)41-29-35(19-22-46(41)51)36-20-23-47-42(30-36)39-14-6-8-16-44(39)52(47)49-31-37-12-4-9-17-48(37)53-49/h1-31H. The van der Waals surface area contributed by atoms with Gasteiger partial charge < -0.3 is 8.98 Å². The van der Waals surface area contributed by atoms with Crippen molar-refractivity contribution in [3.8, 4) is 45.0 Å². The van der Waals surface area contributed by atoms with Gasteiger partial charge in [-0.15, -0.1) is 0 Å². The van der Waals surface area contributed by atoms with Crippen LogP contribution in [0, 0.1) is 0 Å². The topological polar surface area (TPSA) is 35.9 Å². The zero-order valence-corrected chi connectivity index (χ0v) is 28.6. The highest BCUT2D eigenvalue weighted by Crippen LogP contribution is 2.41. The molecule has 0 amide bonds. The SMILES string of the molecule is c1ccc(-c2cc(-c3ccncc3)ccc2-n2c3ccccc3c3cc(-c4ccc5c(c4)c4ccccc4n5-c4cc5ccccc5o4)ccc32)cc1. The highest BCUT2D eigenvalue weighted by atomic mass is 16.4. The molecule has 4 aromatic heterocycles. The molecule has 0 aliphatic rings. The maximum atomic E-state index is 6.40. The van der Waals surface area contributed by atoms with Crippen LogP contribution in [0.2, 0.25) is 0 Å². The summed E-state index contributed by atoms with van der Waals surface area (Å²) in [6.07, 6.45) is 3.71. The van der Waals surface area contributed by atoms with E-state index in [4.69, 9.17) is 4.42 Å². The van der Waals surface area contributed by atoms with Crippen LogP contribution in [0.15, 0.2) is 193 Å². The van der Waals surface area contributed by atoms with Gasteiger partial charge in [-0.2, -0.15) is 0 Å². The van der Waals surface area contributed by atoms with E-state index in [0.29, 0.717) is 0 Å². The Labute approximate surface area is 305 Å². The highest BCUT2D eigenvalue weighted by Gasteiger charge is 2.19. The third kappa shape index (κ3) is 4.66. The minimum Gasteiger partial charge on any atom is -0.440 e. The molecule has 7 aromatic carbocycles. The van der Waals surface area contributed by atoms with E-state index in [2.05, 4.69) is 178 Å². The first-order chi connectivity index (χ1) is 26.3. The first-order valence-corrected chi connectivity index (χ1v) is 17.9. The number of benzene rings is 7. The Morgan fingerprint density at radius 2 is 0.943 bits per heavy atom. The molecule has 0 aliphatic carbocycles. The molecule has 0 saturated heterocycles. The Morgan fingerprint density at radius 1 is 0.377 bits per heavy atom. The highest BCUT2D eigenvalue weighted by molar-refractivity contribution is 6.13. The predicted molar refractivity (Wildman–Crippen MR) is 219 cm³/mol. The summed E-state index contributed by atoms with van der Waals surface area (Å²) in [4.78, 5) is 4.25. The third-order valence-corrected chi connectivity index (χ3v) is 10.6. The van der Waals surface area contributed by atoms with Gasteiger partial charge in [0.15, 0.2) is 0 Å². The number of rotatable bonds is 5. The molecule has 4 heterocycles. The molecule has 11 aromatic rings. The lowest BCUT2D eigenvalue weighted by atomic mass is 9.97. The van der Waals surface area contributed by atoms with Crippen molar-refractivity contribution >= 4 is 54.6 Å². The van der Waals surface area contributed by atoms with Gasteiger partial charge in [-0.05, 0) is 94.5 Å². The van der Waals surface area contributed by atoms with Crippen molar-refractivity contribution in [1.29, 1.82) is 0 Å². The minimum atomic E-state index is 0.822. The lowest BCUT2D eigenvalue weighted by Gasteiger charge is -2.16. The van der Waals surface area contributed by atoms with Crippen LogP contribution in [-0.2, 0) is 0 Å². The second kappa shape index (κ2) is 11.7. The molecule has 0 spiro atoms. The molecular weight excluding hydrogens is 647 g/mol. The molecule has 4 heteroatoms. The van der Waals surface area contributed by atoms with E-state index in [1.807, 2.05) is 24.5 Å². The normalized spacial score (nSPS) is 11.8. The fourth-order valence-electron chi connectivity index (χ4n) is 8.18. The van der Waals surface area contributed by atoms with Gasteiger partial charge in [-0.25, -0.2) is 0 Å². The molecule has 0 atom stereocenters. The average molecular weight is 678 g/mol. The number of para-hydroxylation sites is 3. The quantitative estimate of drug-likeness (QED) is 0.182. The summed E-state index contributed by atoms with van der Waals surface area (Å²) in [7, 11) is 0. The first kappa shape index (κ1) is 29.5. The van der Waals surface area contributed by atoms with Crippen LogP contribution >= 0.6 is 0 Å². The number of aromatic nitrogens is 3. The molecule has 248 valence electrons. The van der Waals surface area contributed by atoms with E-state index >= 15 is 0 Å². The number of nitrogens with zero attached hydrogens (tertiary/aromatic N) is 3. The molecule has 0 fully saturated rings. The molecule has 0 saturated carbocycles. The molecule has 0 unspecified atom stereocenters. The van der Waals surface area contributed by atoms with Gasteiger partial charge >= 0.3 is 0 Å². The smallest absolute Gasteiger partial charge is 0.205 e. The summed E-state index contributed by atoms with van der Waals surface area (Å²) in [6.45, 7) is 0. The number of pyridine rings is 1. The maximum Gasteiger partial charge on any atom is 0.205 e. The second-order valence-corrected chi connectivity index (χ2v) is 13.6. The summed E-state index contributed by atoms with van der Waals surface area (Å²) in [5.74, 6) is 0.822. The molecule has 11 rings (SSSR count). The number of hydrogen-bond donors (Lipinski definition) is 0. The fraction of sp³-hybridized carbons (Fsp3) is 0. The van der Waals surface area contributed by atoms with Crippen molar-refractivity contribution in [2.45, 2.75) is 0 Å². The summed E-state index contributed by atoms with van der Waals surface area (Å²) in [5, 5.41) is 5.94. The van der Waals surface area contributed by atoms with E-state index < -0.39 is 0 Å². The van der Waals surface area contributed by atoms with Crippen molar-refractivity contribution < 1.29 is 4.42 Å². The summed E-state index contributed by atoms with van der Waals surface area (Å²) in [6, 6.07) is 63.1. The number of fused-ring (bicyclic) bond motifs is 7. The third-order valence-electron chi connectivity index (χ3n) is 10.6. The van der Waals surface area contributed by atoms with Gasteiger partial charge in [0.1, 0.15) is 5.58 Å². The van der Waals surface area contributed by atoms with Gasteiger partial charge in [-0.1, -0.05) is 103 Å². The Kier molecular flexibility index (Phi) is 6.52. The predicted octanol–water partition coefficient (Wildman–Crippen LogP) is 13.0. The fourth-order valence-corrected chi connectivity index (χ4v) is 8.18.